The highest BCUT2D eigenvalue weighted by Gasteiger charge is 2.26. The van der Waals surface area contributed by atoms with Gasteiger partial charge in [-0.05, 0) is 6.42 Å². The van der Waals surface area contributed by atoms with Gasteiger partial charge >= 0.3 is 5.97 Å². The van der Waals surface area contributed by atoms with Gasteiger partial charge in [0.1, 0.15) is 0 Å². The molecule has 90 valence electrons. The molecule has 1 aromatic rings. The van der Waals surface area contributed by atoms with E-state index in [-0.39, 0.29) is 5.82 Å². The van der Waals surface area contributed by atoms with E-state index < -0.39 is 26.6 Å². The Morgan fingerprint density at radius 2 is 2.19 bits per heavy atom. The number of nitrogens with two attached hydrogens (primary N) is 1. The van der Waals surface area contributed by atoms with Gasteiger partial charge in [-0.3, -0.25) is 4.79 Å². The average Bonchev–Trinajstić information content (AvgIpc) is 2.47. The molecular weight excluding hydrogens is 236 g/mol. The van der Waals surface area contributed by atoms with Gasteiger partial charge in [0.2, 0.25) is 14.9 Å². The van der Waals surface area contributed by atoms with Crippen molar-refractivity contribution in [1.82, 2.24) is 15.0 Å². The first-order valence-corrected chi connectivity index (χ1v) is 6.17. The molecule has 8 nitrogen and oxygen atoms in total. The summed E-state index contributed by atoms with van der Waals surface area (Å²) in [7, 11) is -4.01. The molecule has 0 atom stereocenters. The van der Waals surface area contributed by atoms with Crippen LogP contribution in [0.1, 0.15) is 13.3 Å². The summed E-state index contributed by atoms with van der Waals surface area (Å²) in [5, 5.41) is 14.9. The van der Waals surface area contributed by atoms with Gasteiger partial charge in [-0.1, -0.05) is 12.1 Å². The maximum Gasteiger partial charge on any atom is 0.319 e. The number of sulfone groups is 1. The maximum absolute atomic E-state index is 11.5. The monoisotopic (exact) mass is 248 g/mol. The van der Waals surface area contributed by atoms with E-state index in [0.29, 0.717) is 13.0 Å². The van der Waals surface area contributed by atoms with Crippen LogP contribution in [0, 0.1) is 0 Å². The molecule has 3 N–H and O–H groups in total. The Hall–Kier alpha value is -1.64. The maximum atomic E-state index is 11.5. The number of aliphatic carboxylic acids is 1. The van der Waals surface area contributed by atoms with Crippen molar-refractivity contribution in [2.75, 3.05) is 11.5 Å². The van der Waals surface area contributed by atoms with Crippen LogP contribution in [-0.4, -0.2) is 40.2 Å². The molecule has 9 heteroatoms. The van der Waals surface area contributed by atoms with Crippen molar-refractivity contribution in [3.8, 4) is 0 Å². The minimum Gasteiger partial charge on any atom is -0.480 e. The van der Waals surface area contributed by atoms with Crippen molar-refractivity contribution in [2.45, 2.75) is 24.9 Å². The zero-order valence-electron chi connectivity index (χ0n) is 8.62. The highest BCUT2D eigenvalue weighted by Crippen LogP contribution is 2.16. The van der Waals surface area contributed by atoms with Crippen LogP contribution in [0.3, 0.4) is 0 Å². The van der Waals surface area contributed by atoms with Crippen molar-refractivity contribution in [3.63, 3.8) is 0 Å². The molecule has 0 bridgehead atoms. The summed E-state index contributed by atoms with van der Waals surface area (Å²) in [6.45, 7) is 2.30. The van der Waals surface area contributed by atoms with Crippen LogP contribution in [0.15, 0.2) is 5.03 Å². The second-order valence-corrected chi connectivity index (χ2v) is 5.06. The summed E-state index contributed by atoms with van der Waals surface area (Å²) in [6.07, 6.45) is 0.714. The Labute approximate surface area is 92.0 Å². The zero-order valence-corrected chi connectivity index (χ0v) is 9.44. The van der Waals surface area contributed by atoms with Crippen molar-refractivity contribution >= 4 is 21.6 Å². The predicted molar refractivity (Wildman–Crippen MR) is 54.4 cm³/mol. The number of nitrogens with zero attached hydrogens (tertiary/aromatic N) is 3. The number of nitrogen functional groups attached to an aromatic ring is 1. The van der Waals surface area contributed by atoms with E-state index in [1.54, 1.807) is 0 Å². The van der Waals surface area contributed by atoms with E-state index in [1.165, 1.54) is 4.68 Å². The molecule has 0 aliphatic carbocycles. The van der Waals surface area contributed by atoms with Gasteiger partial charge < -0.3 is 10.8 Å². The first kappa shape index (κ1) is 12.4. The molecule has 0 aromatic carbocycles. The molecule has 1 aromatic heterocycles. The van der Waals surface area contributed by atoms with E-state index >= 15 is 0 Å². The standard InChI is InChI=1S/C7H12N4O4S/c1-2-3-11-6(8)7(9-10-11)16(14,15)4-5(12)13/h2-4,8H2,1H3,(H,12,13). The number of carboxylic acid groups (broad SMARTS) is 1. The van der Waals surface area contributed by atoms with Crippen LogP contribution in [0.25, 0.3) is 0 Å². The first-order chi connectivity index (χ1) is 7.38. The third-order valence-corrected chi connectivity index (χ3v) is 3.29. The van der Waals surface area contributed by atoms with E-state index in [4.69, 9.17) is 10.8 Å². The lowest BCUT2D eigenvalue weighted by Crippen LogP contribution is -2.17. The number of carboxylic acids is 1. The molecule has 0 saturated heterocycles. The Kier molecular flexibility index (Phi) is 3.48. The fourth-order valence-corrected chi connectivity index (χ4v) is 2.18. The molecule has 0 aliphatic rings. The van der Waals surface area contributed by atoms with Crippen LogP contribution in [-0.2, 0) is 21.2 Å². The van der Waals surface area contributed by atoms with Gasteiger partial charge in [0.05, 0.1) is 0 Å². The zero-order chi connectivity index (χ0) is 12.3. The van der Waals surface area contributed by atoms with Gasteiger partial charge in [0.15, 0.2) is 11.6 Å². The lowest BCUT2D eigenvalue weighted by molar-refractivity contribution is -0.134. The second-order valence-electron chi connectivity index (χ2n) is 3.16. The van der Waals surface area contributed by atoms with Crippen molar-refractivity contribution in [2.24, 2.45) is 0 Å². The Balaban J connectivity index is 3.10. The van der Waals surface area contributed by atoms with Gasteiger partial charge in [-0.15, -0.1) is 5.10 Å². The number of hydrogen-bond donors (Lipinski definition) is 2. The summed E-state index contributed by atoms with van der Waals surface area (Å²) < 4.78 is 24.2. The largest absolute Gasteiger partial charge is 0.480 e. The Morgan fingerprint density at radius 3 is 2.69 bits per heavy atom. The molecular formula is C7H12N4O4S. The fraction of sp³-hybridized carbons (Fsp3) is 0.571. The third kappa shape index (κ3) is 2.48. The highest BCUT2D eigenvalue weighted by atomic mass is 32.2. The Bertz CT molecular complexity index is 492. The van der Waals surface area contributed by atoms with Crippen LogP contribution in [0.5, 0.6) is 0 Å². The number of carbonyl (C=O) groups is 1. The number of aromatic nitrogens is 3. The molecule has 0 unspecified atom stereocenters. The molecule has 1 rings (SSSR count). The minimum absolute atomic E-state index is 0.122. The van der Waals surface area contributed by atoms with Gasteiger partial charge in [-0.2, -0.15) is 0 Å². The molecule has 0 radical (unpaired) electrons. The van der Waals surface area contributed by atoms with Gasteiger partial charge in [0, 0.05) is 6.54 Å². The normalized spacial score (nSPS) is 11.6. The number of hydrogen-bond acceptors (Lipinski definition) is 6. The quantitative estimate of drug-likeness (QED) is 0.692. The number of anilines is 1. The minimum atomic E-state index is -4.01. The van der Waals surface area contributed by atoms with E-state index in [1.807, 2.05) is 6.92 Å². The molecule has 16 heavy (non-hydrogen) atoms. The van der Waals surface area contributed by atoms with Crippen LogP contribution in [0.2, 0.25) is 0 Å². The molecule has 0 aliphatic heterocycles. The van der Waals surface area contributed by atoms with Crippen molar-refractivity contribution < 1.29 is 18.3 Å². The molecule has 0 saturated carbocycles. The fourth-order valence-electron chi connectivity index (χ4n) is 1.13. The smallest absolute Gasteiger partial charge is 0.319 e. The molecule has 0 spiro atoms. The Morgan fingerprint density at radius 1 is 1.56 bits per heavy atom. The summed E-state index contributed by atoms with van der Waals surface area (Å²) >= 11 is 0. The van der Waals surface area contributed by atoms with Crippen molar-refractivity contribution in [3.05, 3.63) is 0 Å². The molecule has 1 heterocycles. The molecule has 0 amide bonds. The van der Waals surface area contributed by atoms with E-state index in [9.17, 15) is 13.2 Å². The predicted octanol–water partition coefficient (Wildman–Crippen LogP) is -0.871. The summed E-state index contributed by atoms with van der Waals surface area (Å²) in [4.78, 5) is 10.4. The van der Waals surface area contributed by atoms with Gasteiger partial charge in [0.25, 0.3) is 0 Å². The second kappa shape index (κ2) is 4.47. The van der Waals surface area contributed by atoms with Crippen LogP contribution < -0.4 is 5.73 Å². The van der Waals surface area contributed by atoms with Crippen LogP contribution >= 0.6 is 0 Å². The lowest BCUT2D eigenvalue weighted by Gasteiger charge is -2.00. The average molecular weight is 248 g/mol. The van der Waals surface area contributed by atoms with E-state index in [0.717, 1.165) is 0 Å². The summed E-state index contributed by atoms with van der Waals surface area (Å²) in [5.41, 5.74) is 5.52. The third-order valence-electron chi connectivity index (χ3n) is 1.78. The van der Waals surface area contributed by atoms with E-state index in [2.05, 4.69) is 10.3 Å². The number of aryl methyl sites for hydroxylation is 1. The van der Waals surface area contributed by atoms with Gasteiger partial charge in [-0.25, -0.2) is 13.1 Å². The van der Waals surface area contributed by atoms with Crippen LogP contribution in [0.4, 0.5) is 5.82 Å². The summed E-state index contributed by atoms with van der Waals surface area (Å²) in [6, 6.07) is 0. The SMILES string of the molecule is CCCn1nnc(S(=O)(=O)CC(=O)O)c1N. The first-order valence-electron chi connectivity index (χ1n) is 4.52. The molecule has 0 fully saturated rings. The summed E-state index contributed by atoms with van der Waals surface area (Å²) in [5.74, 6) is -2.62. The number of rotatable bonds is 5. The highest BCUT2D eigenvalue weighted by molar-refractivity contribution is 7.92. The lowest BCUT2D eigenvalue weighted by atomic mass is 10.5. The topological polar surface area (TPSA) is 128 Å². The van der Waals surface area contributed by atoms with Crippen molar-refractivity contribution in [1.29, 1.82) is 0 Å².